The van der Waals surface area contributed by atoms with Crippen molar-refractivity contribution >= 4 is 6.03 Å². The number of nitrogens with one attached hydrogen (secondary N) is 2. The van der Waals surface area contributed by atoms with Gasteiger partial charge in [-0.2, -0.15) is 0 Å². The van der Waals surface area contributed by atoms with Gasteiger partial charge in [-0.3, -0.25) is 0 Å². The van der Waals surface area contributed by atoms with E-state index in [1.54, 1.807) is 18.2 Å². The van der Waals surface area contributed by atoms with Gasteiger partial charge in [0.25, 0.3) is 0 Å². The van der Waals surface area contributed by atoms with Gasteiger partial charge in [0, 0.05) is 6.54 Å². The fourth-order valence-corrected chi connectivity index (χ4v) is 1.53. The zero-order chi connectivity index (χ0) is 13.9. The first-order chi connectivity index (χ1) is 9.24. The van der Waals surface area contributed by atoms with E-state index in [2.05, 4.69) is 17.6 Å². The second-order valence-electron chi connectivity index (χ2n) is 4.17. The number of benzene rings is 1. The van der Waals surface area contributed by atoms with Crippen molar-refractivity contribution in [3.8, 4) is 5.75 Å². The summed E-state index contributed by atoms with van der Waals surface area (Å²) in [6.07, 6.45) is 3.21. The average molecular weight is 268 g/mol. The van der Waals surface area contributed by atoms with Gasteiger partial charge in [-0.25, -0.2) is 9.18 Å². The fourth-order valence-electron chi connectivity index (χ4n) is 1.53. The minimum absolute atomic E-state index is 0.202. The number of unbranched alkanes of at least 4 members (excludes halogenated alkanes) is 2. The average Bonchev–Trinajstić information content (AvgIpc) is 2.41. The SMILES string of the molecule is CCCCCNC(=O)NCCOc1ccccc1F. The lowest BCUT2D eigenvalue weighted by molar-refractivity contribution is 0.235. The Morgan fingerprint density at radius 1 is 1.21 bits per heavy atom. The quantitative estimate of drug-likeness (QED) is 0.712. The molecule has 0 aliphatic rings. The maximum atomic E-state index is 13.2. The summed E-state index contributed by atoms with van der Waals surface area (Å²) in [5.74, 6) is -0.195. The number of para-hydroxylation sites is 1. The lowest BCUT2D eigenvalue weighted by Gasteiger charge is -2.09. The molecule has 0 aliphatic carbocycles. The first kappa shape index (κ1) is 15.3. The smallest absolute Gasteiger partial charge is 0.314 e. The van der Waals surface area contributed by atoms with Crippen LogP contribution >= 0.6 is 0 Å². The number of halogens is 1. The van der Waals surface area contributed by atoms with Crippen molar-refractivity contribution in [1.29, 1.82) is 0 Å². The van der Waals surface area contributed by atoms with Gasteiger partial charge in [-0.05, 0) is 18.6 Å². The summed E-state index contributed by atoms with van der Waals surface area (Å²) in [5.41, 5.74) is 0. The predicted octanol–water partition coefficient (Wildman–Crippen LogP) is 2.69. The molecule has 2 amide bonds. The highest BCUT2D eigenvalue weighted by Crippen LogP contribution is 2.14. The molecule has 1 rings (SSSR count). The molecule has 0 saturated carbocycles. The number of ether oxygens (including phenoxy) is 1. The maximum Gasteiger partial charge on any atom is 0.314 e. The van der Waals surface area contributed by atoms with Crippen LogP contribution in [0.1, 0.15) is 26.2 Å². The second-order valence-corrected chi connectivity index (χ2v) is 4.17. The van der Waals surface area contributed by atoms with Crippen LogP contribution in [0.2, 0.25) is 0 Å². The second kappa shape index (κ2) is 9.19. The molecule has 1 aromatic carbocycles. The fraction of sp³-hybridized carbons (Fsp3) is 0.500. The Morgan fingerprint density at radius 3 is 2.68 bits per heavy atom. The van der Waals surface area contributed by atoms with Gasteiger partial charge in [-0.15, -0.1) is 0 Å². The minimum atomic E-state index is -0.397. The van der Waals surface area contributed by atoms with Gasteiger partial charge < -0.3 is 15.4 Å². The zero-order valence-electron chi connectivity index (χ0n) is 11.2. The summed E-state index contributed by atoms with van der Waals surface area (Å²) in [6.45, 7) is 3.37. The number of rotatable bonds is 8. The molecule has 0 spiro atoms. The molecule has 5 heteroatoms. The van der Waals surface area contributed by atoms with Crippen LogP contribution in [0.15, 0.2) is 24.3 Å². The van der Waals surface area contributed by atoms with Gasteiger partial charge >= 0.3 is 6.03 Å². The Bertz CT molecular complexity index is 385. The Morgan fingerprint density at radius 2 is 1.95 bits per heavy atom. The van der Waals surface area contributed by atoms with E-state index in [0.29, 0.717) is 13.1 Å². The third-order valence-electron chi connectivity index (χ3n) is 2.55. The van der Waals surface area contributed by atoms with Gasteiger partial charge in [0.05, 0.1) is 6.54 Å². The molecule has 1 aromatic rings. The van der Waals surface area contributed by atoms with Crippen molar-refractivity contribution in [3.63, 3.8) is 0 Å². The number of carbonyl (C=O) groups excluding carboxylic acids is 1. The molecule has 0 saturated heterocycles. The van der Waals surface area contributed by atoms with Crippen LogP contribution in [-0.2, 0) is 0 Å². The molecule has 0 atom stereocenters. The minimum Gasteiger partial charge on any atom is -0.489 e. The van der Waals surface area contributed by atoms with Gasteiger partial charge in [0.1, 0.15) is 6.61 Å². The molecule has 106 valence electrons. The molecular formula is C14H21FN2O2. The van der Waals surface area contributed by atoms with Crippen molar-refractivity contribution in [2.45, 2.75) is 26.2 Å². The standard InChI is InChI=1S/C14H21FN2O2/c1-2-3-6-9-16-14(18)17-10-11-19-13-8-5-4-7-12(13)15/h4-5,7-8H,2-3,6,9-11H2,1H3,(H2,16,17,18). The highest BCUT2D eigenvalue weighted by atomic mass is 19.1. The Kier molecular flexibility index (Phi) is 7.39. The van der Waals surface area contributed by atoms with Crippen LogP contribution < -0.4 is 15.4 Å². The zero-order valence-corrected chi connectivity index (χ0v) is 11.2. The van der Waals surface area contributed by atoms with E-state index in [0.717, 1.165) is 19.3 Å². The van der Waals surface area contributed by atoms with Crippen molar-refractivity contribution in [3.05, 3.63) is 30.1 Å². The van der Waals surface area contributed by atoms with E-state index in [1.807, 2.05) is 0 Å². The molecule has 0 radical (unpaired) electrons. The molecule has 19 heavy (non-hydrogen) atoms. The maximum absolute atomic E-state index is 13.2. The summed E-state index contributed by atoms with van der Waals surface area (Å²) in [6, 6.07) is 5.98. The van der Waals surface area contributed by atoms with E-state index in [1.165, 1.54) is 6.07 Å². The first-order valence-corrected chi connectivity index (χ1v) is 6.63. The molecule has 2 N–H and O–H groups in total. The number of carbonyl (C=O) groups is 1. The van der Waals surface area contributed by atoms with Crippen molar-refractivity contribution in [1.82, 2.24) is 10.6 Å². The normalized spacial score (nSPS) is 10.0. The predicted molar refractivity (Wildman–Crippen MR) is 72.8 cm³/mol. The van der Waals surface area contributed by atoms with Crippen molar-refractivity contribution in [2.24, 2.45) is 0 Å². The van der Waals surface area contributed by atoms with E-state index in [-0.39, 0.29) is 18.4 Å². The topological polar surface area (TPSA) is 50.4 Å². The number of hydrogen-bond acceptors (Lipinski definition) is 2. The number of urea groups is 1. The van der Waals surface area contributed by atoms with E-state index in [4.69, 9.17) is 4.74 Å². The Labute approximate surface area is 113 Å². The third kappa shape index (κ3) is 6.64. The van der Waals surface area contributed by atoms with Crippen LogP contribution in [0.25, 0.3) is 0 Å². The highest BCUT2D eigenvalue weighted by Gasteiger charge is 2.02. The summed E-state index contributed by atoms with van der Waals surface area (Å²) in [4.78, 5) is 11.3. The van der Waals surface area contributed by atoms with Crippen molar-refractivity contribution < 1.29 is 13.9 Å². The Hall–Kier alpha value is -1.78. The van der Waals surface area contributed by atoms with E-state index in [9.17, 15) is 9.18 Å². The lowest BCUT2D eigenvalue weighted by Crippen LogP contribution is -2.38. The molecule has 0 fully saturated rings. The molecule has 0 aromatic heterocycles. The van der Waals surface area contributed by atoms with Crippen molar-refractivity contribution in [2.75, 3.05) is 19.7 Å². The summed E-state index contributed by atoms with van der Waals surface area (Å²) < 4.78 is 18.4. The lowest BCUT2D eigenvalue weighted by atomic mass is 10.2. The monoisotopic (exact) mass is 268 g/mol. The number of hydrogen-bond donors (Lipinski definition) is 2. The summed E-state index contributed by atoms with van der Waals surface area (Å²) >= 11 is 0. The van der Waals surface area contributed by atoms with Gasteiger partial charge in [0.2, 0.25) is 0 Å². The molecule has 0 bridgehead atoms. The molecule has 4 nitrogen and oxygen atoms in total. The first-order valence-electron chi connectivity index (χ1n) is 6.63. The van der Waals surface area contributed by atoms with Crippen LogP contribution in [0, 0.1) is 5.82 Å². The van der Waals surface area contributed by atoms with Crippen LogP contribution in [0.5, 0.6) is 5.75 Å². The molecule has 0 unspecified atom stereocenters. The highest BCUT2D eigenvalue weighted by molar-refractivity contribution is 5.73. The van der Waals surface area contributed by atoms with Crippen LogP contribution in [-0.4, -0.2) is 25.7 Å². The summed E-state index contributed by atoms with van der Waals surface area (Å²) in [5, 5.41) is 5.40. The summed E-state index contributed by atoms with van der Waals surface area (Å²) in [7, 11) is 0. The van der Waals surface area contributed by atoms with E-state index < -0.39 is 5.82 Å². The Balaban J connectivity index is 2.07. The van der Waals surface area contributed by atoms with Crippen LogP contribution in [0.4, 0.5) is 9.18 Å². The molecular weight excluding hydrogens is 247 g/mol. The van der Waals surface area contributed by atoms with Gasteiger partial charge in [-0.1, -0.05) is 31.9 Å². The molecule has 0 heterocycles. The third-order valence-corrected chi connectivity index (χ3v) is 2.55. The van der Waals surface area contributed by atoms with Crippen LogP contribution in [0.3, 0.4) is 0 Å². The van der Waals surface area contributed by atoms with E-state index >= 15 is 0 Å². The number of amides is 2. The molecule has 0 aliphatic heterocycles. The largest absolute Gasteiger partial charge is 0.489 e. The van der Waals surface area contributed by atoms with Gasteiger partial charge in [0.15, 0.2) is 11.6 Å².